The summed E-state index contributed by atoms with van der Waals surface area (Å²) in [5.41, 5.74) is 7.48. The third kappa shape index (κ3) is 3.30. The highest BCUT2D eigenvalue weighted by Gasteiger charge is 2.13. The van der Waals surface area contributed by atoms with Crippen LogP contribution < -0.4 is 15.8 Å². The summed E-state index contributed by atoms with van der Waals surface area (Å²) in [4.78, 5) is 0. The fourth-order valence-electron chi connectivity index (χ4n) is 1.24. The van der Waals surface area contributed by atoms with Crippen molar-refractivity contribution in [3.05, 3.63) is 16.6 Å². The summed E-state index contributed by atoms with van der Waals surface area (Å²) >= 11 is 3.39. The number of rotatable bonds is 2. The maximum atomic E-state index is 5.90. The van der Waals surface area contributed by atoms with Crippen molar-refractivity contribution in [1.82, 2.24) is 0 Å². The molecule has 0 radical (unpaired) electrons. The van der Waals surface area contributed by atoms with E-state index in [0.717, 1.165) is 15.9 Å². The van der Waals surface area contributed by atoms with Crippen LogP contribution in [-0.2, 0) is 0 Å². The Hall–Kier alpha value is -0.900. The molecule has 0 aromatic heterocycles. The van der Waals surface area contributed by atoms with Crippen molar-refractivity contribution in [1.29, 1.82) is 0 Å². The van der Waals surface area contributed by atoms with Gasteiger partial charge in [0, 0.05) is 11.6 Å². The number of nitrogens with one attached hydrogen (secondary N) is 1. The molecular weight excluding hydrogens is 256 g/mol. The van der Waals surface area contributed by atoms with Crippen molar-refractivity contribution in [3.8, 4) is 5.75 Å². The zero-order valence-electron chi connectivity index (χ0n) is 9.52. The lowest BCUT2D eigenvalue weighted by Gasteiger charge is -2.24. The molecule has 0 aliphatic heterocycles. The molecule has 0 bridgehead atoms. The SMILES string of the molecule is COc1cc(NC(C)(C)C)c(N)cc1Br. The van der Waals surface area contributed by atoms with Gasteiger partial charge < -0.3 is 15.8 Å². The van der Waals surface area contributed by atoms with Crippen LogP contribution in [0.15, 0.2) is 16.6 Å². The van der Waals surface area contributed by atoms with Crippen molar-refractivity contribution in [2.45, 2.75) is 26.3 Å². The van der Waals surface area contributed by atoms with Crippen LogP contribution in [0.1, 0.15) is 20.8 Å². The van der Waals surface area contributed by atoms with E-state index in [4.69, 9.17) is 10.5 Å². The van der Waals surface area contributed by atoms with Gasteiger partial charge in [-0.25, -0.2) is 0 Å². The largest absolute Gasteiger partial charge is 0.495 e. The maximum absolute atomic E-state index is 5.90. The van der Waals surface area contributed by atoms with E-state index in [2.05, 4.69) is 42.0 Å². The average molecular weight is 273 g/mol. The molecule has 0 heterocycles. The number of halogens is 1. The third-order valence-corrected chi connectivity index (χ3v) is 2.45. The average Bonchev–Trinajstić information content (AvgIpc) is 2.07. The first-order valence-electron chi connectivity index (χ1n) is 4.74. The molecule has 0 aliphatic carbocycles. The molecular formula is C11H17BrN2O. The van der Waals surface area contributed by atoms with E-state index in [9.17, 15) is 0 Å². The van der Waals surface area contributed by atoms with E-state index in [1.54, 1.807) is 7.11 Å². The molecule has 0 atom stereocenters. The summed E-state index contributed by atoms with van der Waals surface area (Å²) in [6.07, 6.45) is 0. The number of methoxy groups -OCH3 is 1. The highest BCUT2D eigenvalue weighted by atomic mass is 79.9. The zero-order valence-corrected chi connectivity index (χ0v) is 11.1. The van der Waals surface area contributed by atoms with E-state index < -0.39 is 0 Å². The highest BCUT2D eigenvalue weighted by molar-refractivity contribution is 9.10. The lowest BCUT2D eigenvalue weighted by atomic mass is 10.1. The van der Waals surface area contributed by atoms with Gasteiger partial charge >= 0.3 is 0 Å². The van der Waals surface area contributed by atoms with Crippen LogP contribution >= 0.6 is 15.9 Å². The third-order valence-electron chi connectivity index (χ3n) is 1.83. The van der Waals surface area contributed by atoms with Crippen LogP contribution in [0.3, 0.4) is 0 Å². The van der Waals surface area contributed by atoms with Crippen LogP contribution in [-0.4, -0.2) is 12.6 Å². The fraction of sp³-hybridized carbons (Fsp3) is 0.455. The second-order valence-electron chi connectivity index (χ2n) is 4.45. The van der Waals surface area contributed by atoms with E-state index in [0.29, 0.717) is 5.69 Å². The van der Waals surface area contributed by atoms with Gasteiger partial charge in [0.1, 0.15) is 5.75 Å². The van der Waals surface area contributed by atoms with Gasteiger partial charge in [0.25, 0.3) is 0 Å². The van der Waals surface area contributed by atoms with Gasteiger partial charge in [-0.1, -0.05) is 0 Å². The smallest absolute Gasteiger partial charge is 0.135 e. The summed E-state index contributed by atoms with van der Waals surface area (Å²) in [5, 5.41) is 3.33. The van der Waals surface area contributed by atoms with Crippen molar-refractivity contribution >= 4 is 27.3 Å². The molecule has 1 aromatic carbocycles. The number of ether oxygens (including phenoxy) is 1. The van der Waals surface area contributed by atoms with Crippen molar-refractivity contribution in [2.75, 3.05) is 18.2 Å². The van der Waals surface area contributed by atoms with Gasteiger partial charge in [0.15, 0.2) is 0 Å². The molecule has 1 rings (SSSR count). The number of hydrogen-bond donors (Lipinski definition) is 2. The van der Waals surface area contributed by atoms with E-state index in [1.165, 1.54) is 0 Å². The molecule has 0 fully saturated rings. The lowest BCUT2D eigenvalue weighted by Crippen LogP contribution is -2.26. The van der Waals surface area contributed by atoms with Crippen LogP contribution in [0.5, 0.6) is 5.75 Å². The Morgan fingerprint density at radius 1 is 1.33 bits per heavy atom. The Morgan fingerprint density at radius 3 is 2.40 bits per heavy atom. The number of nitrogen functional groups attached to an aromatic ring is 1. The predicted octanol–water partition coefficient (Wildman–Crippen LogP) is 3.25. The molecule has 1 aromatic rings. The van der Waals surface area contributed by atoms with Gasteiger partial charge in [-0.3, -0.25) is 0 Å². The molecule has 4 heteroatoms. The normalized spacial score (nSPS) is 11.3. The first-order valence-corrected chi connectivity index (χ1v) is 5.54. The second-order valence-corrected chi connectivity index (χ2v) is 5.30. The first kappa shape index (κ1) is 12.2. The molecule has 0 spiro atoms. The number of hydrogen-bond acceptors (Lipinski definition) is 3. The quantitative estimate of drug-likeness (QED) is 0.813. The predicted molar refractivity (Wildman–Crippen MR) is 68.5 cm³/mol. The molecule has 0 unspecified atom stereocenters. The molecule has 15 heavy (non-hydrogen) atoms. The highest BCUT2D eigenvalue weighted by Crippen LogP contribution is 2.34. The monoisotopic (exact) mass is 272 g/mol. The summed E-state index contributed by atoms with van der Waals surface area (Å²) in [7, 11) is 1.64. The van der Waals surface area contributed by atoms with Crippen molar-refractivity contribution in [2.24, 2.45) is 0 Å². The minimum Gasteiger partial charge on any atom is -0.495 e. The van der Waals surface area contributed by atoms with Crippen LogP contribution in [0.4, 0.5) is 11.4 Å². The standard InChI is InChI=1S/C11H17BrN2O/c1-11(2,3)14-9-6-10(15-4)7(12)5-8(9)13/h5-6,14H,13H2,1-4H3. The van der Waals surface area contributed by atoms with Crippen molar-refractivity contribution < 1.29 is 4.74 Å². The number of benzene rings is 1. The lowest BCUT2D eigenvalue weighted by molar-refractivity contribution is 0.412. The van der Waals surface area contributed by atoms with Crippen molar-refractivity contribution in [3.63, 3.8) is 0 Å². The van der Waals surface area contributed by atoms with E-state index in [1.807, 2.05) is 12.1 Å². The summed E-state index contributed by atoms with van der Waals surface area (Å²) < 4.78 is 6.08. The Balaban J connectivity index is 3.08. The Labute approximate surface area is 99.1 Å². The minimum absolute atomic E-state index is 0.0209. The second kappa shape index (κ2) is 4.31. The van der Waals surface area contributed by atoms with Crippen LogP contribution in [0.25, 0.3) is 0 Å². The fourth-order valence-corrected chi connectivity index (χ4v) is 1.76. The molecule has 0 saturated carbocycles. The summed E-state index contributed by atoms with van der Waals surface area (Å²) in [6, 6.07) is 3.73. The van der Waals surface area contributed by atoms with Crippen LogP contribution in [0, 0.1) is 0 Å². The Bertz CT molecular complexity index is 358. The molecule has 0 saturated heterocycles. The van der Waals surface area contributed by atoms with Gasteiger partial charge in [-0.05, 0) is 42.8 Å². The summed E-state index contributed by atoms with van der Waals surface area (Å²) in [6.45, 7) is 6.25. The molecule has 3 N–H and O–H groups in total. The zero-order chi connectivity index (χ0) is 11.6. The Morgan fingerprint density at radius 2 is 1.93 bits per heavy atom. The van der Waals surface area contributed by atoms with Gasteiger partial charge in [0.2, 0.25) is 0 Å². The van der Waals surface area contributed by atoms with E-state index >= 15 is 0 Å². The van der Waals surface area contributed by atoms with Gasteiger partial charge in [-0.2, -0.15) is 0 Å². The van der Waals surface area contributed by atoms with Gasteiger partial charge in [-0.15, -0.1) is 0 Å². The summed E-state index contributed by atoms with van der Waals surface area (Å²) in [5.74, 6) is 0.774. The van der Waals surface area contributed by atoms with Gasteiger partial charge in [0.05, 0.1) is 23.0 Å². The molecule has 84 valence electrons. The first-order chi connectivity index (χ1) is 6.83. The molecule has 0 aliphatic rings. The number of anilines is 2. The topological polar surface area (TPSA) is 47.3 Å². The molecule has 0 amide bonds. The Kier molecular flexibility index (Phi) is 3.50. The van der Waals surface area contributed by atoms with E-state index in [-0.39, 0.29) is 5.54 Å². The minimum atomic E-state index is -0.0209. The molecule has 3 nitrogen and oxygen atoms in total. The maximum Gasteiger partial charge on any atom is 0.135 e. The number of nitrogens with two attached hydrogens (primary N) is 1. The van der Waals surface area contributed by atoms with Crippen LogP contribution in [0.2, 0.25) is 0 Å².